The van der Waals surface area contributed by atoms with Crippen LogP contribution in [-0.4, -0.2) is 50.8 Å². The van der Waals surface area contributed by atoms with E-state index in [4.69, 9.17) is 9.84 Å². The van der Waals surface area contributed by atoms with Gasteiger partial charge in [0.1, 0.15) is 6.20 Å². The molecular weight excluding hydrogens is 354 g/mol. The molecule has 2 aliphatic rings. The Morgan fingerprint density at radius 1 is 1.33 bits per heavy atom. The average molecular weight is 379 g/mol. The minimum absolute atomic E-state index is 0.0410. The number of hydrogen-bond acceptors (Lipinski definition) is 8. The molecule has 10 nitrogen and oxygen atoms in total. The van der Waals surface area contributed by atoms with Gasteiger partial charge in [-0.05, 0) is 45.4 Å². The maximum absolute atomic E-state index is 11.3. The van der Waals surface area contributed by atoms with Crippen LogP contribution in [0, 0.1) is 16.0 Å². The standard InChI is InChI=1S/C17H25N5O5/c1-17(6-8-27-9-7-17)21-16-18-10-13(22(25)26)14(20-16)19-12-4-2-11(3-5-12)15(23)24/h10-12H,2-9H2,1H3,(H,23,24)(H2,18,19,20,21). The predicted molar refractivity (Wildman–Crippen MR) is 97.8 cm³/mol. The molecule has 1 saturated carbocycles. The number of carbonyl (C=O) groups is 1. The Bertz CT molecular complexity index is 699. The fraction of sp³-hybridized carbons (Fsp3) is 0.706. The van der Waals surface area contributed by atoms with Gasteiger partial charge in [0.25, 0.3) is 0 Å². The van der Waals surface area contributed by atoms with Crippen molar-refractivity contribution in [3.63, 3.8) is 0 Å². The summed E-state index contributed by atoms with van der Waals surface area (Å²) in [4.78, 5) is 30.4. The van der Waals surface area contributed by atoms with Crippen molar-refractivity contribution in [2.75, 3.05) is 23.8 Å². The van der Waals surface area contributed by atoms with Crippen molar-refractivity contribution in [3.8, 4) is 0 Å². The molecule has 0 atom stereocenters. The molecule has 0 spiro atoms. The van der Waals surface area contributed by atoms with Gasteiger partial charge < -0.3 is 20.5 Å². The molecular formula is C17H25N5O5. The summed E-state index contributed by atoms with van der Waals surface area (Å²) in [5, 5.41) is 26.9. The first-order valence-electron chi connectivity index (χ1n) is 9.23. The predicted octanol–water partition coefficient (Wildman–Crippen LogP) is 2.42. The summed E-state index contributed by atoms with van der Waals surface area (Å²) in [6.45, 7) is 3.35. The van der Waals surface area contributed by atoms with Crippen LogP contribution < -0.4 is 10.6 Å². The Kier molecular flexibility index (Phi) is 5.73. The Morgan fingerprint density at radius 2 is 2.00 bits per heavy atom. The van der Waals surface area contributed by atoms with E-state index in [9.17, 15) is 14.9 Å². The van der Waals surface area contributed by atoms with Gasteiger partial charge in [-0.25, -0.2) is 4.98 Å². The molecule has 148 valence electrons. The zero-order valence-corrected chi connectivity index (χ0v) is 15.3. The van der Waals surface area contributed by atoms with Crippen molar-refractivity contribution in [1.29, 1.82) is 0 Å². The van der Waals surface area contributed by atoms with Gasteiger partial charge in [-0.3, -0.25) is 14.9 Å². The van der Waals surface area contributed by atoms with E-state index in [1.165, 1.54) is 6.20 Å². The molecule has 1 saturated heterocycles. The van der Waals surface area contributed by atoms with E-state index >= 15 is 0 Å². The highest BCUT2D eigenvalue weighted by Gasteiger charge is 2.30. The second kappa shape index (κ2) is 8.03. The van der Waals surface area contributed by atoms with Crippen LogP contribution in [0.3, 0.4) is 0 Å². The van der Waals surface area contributed by atoms with Gasteiger partial charge in [0.15, 0.2) is 0 Å². The van der Waals surface area contributed by atoms with Crippen molar-refractivity contribution in [2.45, 2.75) is 57.0 Å². The van der Waals surface area contributed by atoms with E-state index in [-0.39, 0.29) is 29.0 Å². The number of anilines is 2. The lowest BCUT2D eigenvalue weighted by Gasteiger charge is -2.34. The topological polar surface area (TPSA) is 140 Å². The van der Waals surface area contributed by atoms with E-state index in [1.807, 2.05) is 0 Å². The molecule has 2 fully saturated rings. The number of nitrogens with one attached hydrogen (secondary N) is 2. The summed E-state index contributed by atoms with van der Waals surface area (Å²) in [6.07, 6.45) is 5.18. The molecule has 27 heavy (non-hydrogen) atoms. The first kappa shape index (κ1) is 19.3. The van der Waals surface area contributed by atoms with Crippen molar-refractivity contribution >= 4 is 23.4 Å². The van der Waals surface area contributed by atoms with Crippen molar-refractivity contribution in [2.24, 2.45) is 5.92 Å². The molecule has 1 aliphatic heterocycles. The van der Waals surface area contributed by atoms with Gasteiger partial charge >= 0.3 is 11.7 Å². The van der Waals surface area contributed by atoms with E-state index in [2.05, 4.69) is 27.5 Å². The second-order valence-corrected chi connectivity index (χ2v) is 7.51. The minimum Gasteiger partial charge on any atom is -0.481 e. The molecule has 10 heteroatoms. The molecule has 0 aromatic carbocycles. The Morgan fingerprint density at radius 3 is 2.59 bits per heavy atom. The van der Waals surface area contributed by atoms with Gasteiger partial charge in [0.05, 0.1) is 10.8 Å². The number of hydrogen-bond donors (Lipinski definition) is 3. The molecule has 0 radical (unpaired) electrons. The summed E-state index contributed by atoms with van der Waals surface area (Å²) in [5.41, 5.74) is -0.399. The lowest BCUT2D eigenvalue weighted by molar-refractivity contribution is -0.384. The Hall–Kier alpha value is -2.49. The highest BCUT2D eigenvalue weighted by Crippen LogP contribution is 2.31. The largest absolute Gasteiger partial charge is 0.481 e. The number of nitrogens with zero attached hydrogens (tertiary/aromatic N) is 3. The molecule has 3 N–H and O–H groups in total. The number of carboxylic acids is 1. The zero-order valence-electron chi connectivity index (χ0n) is 15.3. The van der Waals surface area contributed by atoms with Crippen LogP contribution in [-0.2, 0) is 9.53 Å². The van der Waals surface area contributed by atoms with Gasteiger partial charge in [-0.15, -0.1) is 0 Å². The minimum atomic E-state index is -0.780. The molecule has 1 aliphatic carbocycles. The molecule has 1 aromatic heterocycles. The number of aromatic nitrogens is 2. The third kappa shape index (κ3) is 4.82. The Balaban J connectivity index is 1.72. The maximum atomic E-state index is 11.3. The summed E-state index contributed by atoms with van der Waals surface area (Å²) in [7, 11) is 0. The van der Waals surface area contributed by atoms with Crippen LogP contribution in [0.25, 0.3) is 0 Å². The molecule has 0 amide bonds. The summed E-state index contributed by atoms with van der Waals surface area (Å²) >= 11 is 0. The molecule has 0 unspecified atom stereocenters. The van der Waals surface area contributed by atoms with Gasteiger partial charge in [-0.2, -0.15) is 4.98 Å². The zero-order chi connectivity index (χ0) is 19.4. The van der Waals surface area contributed by atoms with E-state index < -0.39 is 10.9 Å². The average Bonchev–Trinajstić information content (AvgIpc) is 2.62. The van der Waals surface area contributed by atoms with Crippen LogP contribution in [0.5, 0.6) is 0 Å². The smallest absolute Gasteiger partial charge is 0.329 e. The van der Waals surface area contributed by atoms with Crippen molar-refractivity contribution < 1.29 is 19.6 Å². The number of aliphatic carboxylic acids is 1. The van der Waals surface area contributed by atoms with Crippen LogP contribution in [0.4, 0.5) is 17.5 Å². The van der Waals surface area contributed by atoms with Gasteiger partial charge in [-0.1, -0.05) is 0 Å². The van der Waals surface area contributed by atoms with Crippen LogP contribution in [0.15, 0.2) is 6.20 Å². The third-order valence-corrected chi connectivity index (χ3v) is 5.39. The number of carboxylic acid groups (broad SMARTS) is 1. The fourth-order valence-corrected chi connectivity index (χ4v) is 3.57. The number of ether oxygens (including phenoxy) is 1. The van der Waals surface area contributed by atoms with Crippen molar-refractivity contribution in [3.05, 3.63) is 16.3 Å². The van der Waals surface area contributed by atoms with Crippen LogP contribution >= 0.6 is 0 Å². The van der Waals surface area contributed by atoms with Gasteiger partial charge in [0.2, 0.25) is 11.8 Å². The van der Waals surface area contributed by atoms with E-state index in [0.717, 1.165) is 12.8 Å². The van der Waals surface area contributed by atoms with Crippen molar-refractivity contribution in [1.82, 2.24) is 9.97 Å². The summed E-state index contributed by atoms with van der Waals surface area (Å²) in [5.74, 6) is -0.606. The third-order valence-electron chi connectivity index (χ3n) is 5.39. The number of rotatable bonds is 6. The molecule has 2 heterocycles. The Labute approximate surface area is 156 Å². The maximum Gasteiger partial charge on any atom is 0.329 e. The van der Waals surface area contributed by atoms with Crippen LogP contribution in [0.2, 0.25) is 0 Å². The quantitative estimate of drug-likeness (QED) is 0.502. The van der Waals surface area contributed by atoms with Gasteiger partial charge in [0, 0.05) is 24.8 Å². The van der Waals surface area contributed by atoms with Crippen LogP contribution in [0.1, 0.15) is 45.4 Å². The lowest BCUT2D eigenvalue weighted by atomic mass is 9.86. The highest BCUT2D eigenvalue weighted by atomic mass is 16.6. The first-order valence-corrected chi connectivity index (χ1v) is 9.23. The van der Waals surface area contributed by atoms with E-state index in [0.29, 0.717) is 44.8 Å². The molecule has 1 aromatic rings. The highest BCUT2D eigenvalue weighted by molar-refractivity contribution is 5.70. The second-order valence-electron chi connectivity index (χ2n) is 7.51. The molecule has 0 bridgehead atoms. The summed E-state index contributed by atoms with van der Waals surface area (Å²) < 4.78 is 5.38. The molecule has 3 rings (SSSR count). The first-order chi connectivity index (χ1) is 12.9. The monoisotopic (exact) mass is 379 g/mol. The summed E-state index contributed by atoms with van der Waals surface area (Å²) in [6, 6.07) is -0.0410. The SMILES string of the molecule is CC1(Nc2ncc([N+](=O)[O-])c(NC3CCC(C(=O)O)CC3)n2)CCOCC1. The lowest BCUT2D eigenvalue weighted by Crippen LogP contribution is -2.41. The normalized spacial score (nSPS) is 24.8. The number of nitro groups is 1. The van der Waals surface area contributed by atoms with E-state index in [1.54, 1.807) is 0 Å². The fourth-order valence-electron chi connectivity index (χ4n) is 3.57.